The van der Waals surface area contributed by atoms with Gasteiger partial charge in [0.15, 0.2) is 0 Å². The molecule has 1 fully saturated rings. The average molecular weight is 289 g/mol. The van der Waals surface area contributed by atoms with Gasteiger partial charge in [0.25, 0.3) is 11.5 Å². The van der Waals surface area contributed by atoms with Crippen molar-refractivity contribution in [3.63, 3.8) is 0 Å². The smallest absolute Gasteiger partial charge is 0.327 e. The molecule has 1 amide bonds. The van der Waals surface area contributed by atoms with Crippen LogP contribution in [0.25, 0.3) is 11.0 Å². The van der Waals surface area contributed by atoms with Gasteiger partial charge >= 0.3 is 5.69 Å². The van der Waals surface area contributed by atoms with E-state index in [4.69, 9.17) is 0 Å². The Balaban J connectivity index is 1.88. The van der Waals surface area contributed by atoms with E-state index in [-0.39, 0.29) is 23.0 Å². The molecule has 4 N–H and O–H groups in total. The standard InChI is InChI=1S/C13H15N5O3/c19-11(16-8-2-1-3-14-6-8)7-4-9-10(15-5-7)17-13(21)18-12(9)20/h4-5,8,14H,1-3,6H2,(H,16,19)(H2,15,17,18,20,21). The molecule has 3 heterocycles. The lowest BCUT2D eigenvalue weighted by Gasteiger charge is -2.23. The van der Waals surface area contributed by atoms with Crippen molar-refractivity contribution in [2.24, 2.45) is 0 Å². The molecule has 2 aromatic heterocycles. The van der Waals surface area contributed by atoms with Gasteiger partial charge in [0.05, 0.1) is 10.9 Å². The van der Waals surface area contributed by atoms with Crippen molar-refractivity contribution in [1.29, 1.82) is 0 Å². The minimum Gasteiger partial charge on any atom is -0.348 e. The number of H-pyrrole nitrogens is 2. The first-order chi connectivity index (χ1) is 10.1. The fourth-order valence-electron chi connectivity index (χ4n) is 2.41. The van der Waals surface area contributed by atoms with Crippen molar-refractivity contribution in [1.82, 2.24) is 25.6 Å². The molecule has 2 aromatic rings. The maximum atomic E-state index is 12.2. The largest absolute Gasteiger partial charge is 0.348 e. The molecule has 0 aliphatic carbocycles. The fourth-order valence-corrected chi connectivity index (χ4v) is 2.41. The van der Waals surface area contributed by atoms with Gasteiger partial charge in [-0.1, -0.05) is 0 Å². The van der Waals surface area contributed by atoms with Crippen LogP contribution in [0, 0.1) is 0 Å². The number of carbonyl (C=O) groups excluding carboxylic acids is 1. The first-order valence-electron chi connectivity index (χ1n) is 6.77. The van der Waals surface area contributed by atoms with Gasteiger partial charge in [-0.2, -0.15) is 0 Å². The number of hydrogen-bond acceptors (Lipinski definition) is 5. The van der Waals surface area contributed by atoms with Crippen LogP contribution in [0.15, 0.2) is 21.9 Å². The number of aromatic amines is 2. The van der Waals surface area contributed by atoms with E-state index < -0.39 is 11.2 Å². The lowest BCUT2D eigenvalue weighted by atomic mass is 10.1. The Morgan fingerprint density at radius 3 is 2.95 bits per heavy atom. The summed E-state index contributed by atoms with van der Waals surface area (Å²) in [6.45, 7) is 1.70. The normalized spacial score (nSPS) is 18.6. The zero-order valence-corrected chi connectivity index (χ0v) is 11.2. The molecular formula is C13H15N5O3. The van der Waals surface area contributed by atoms with E-state index in [0.717, 1.165) is 25.9 Å². The summed E-state index contributed by atoms with van der Waals surface area (Å²) < 4.78 is 0. The maximum Gasteiger partial charge on any atom is 0.327 e. The summed E-state index contributed by atoms with van der Waals surface area (Å²) >= 11 is 0. The summed E-state index contributed by atoms with van der Waals surface area (Å²) in [6.07, 6.45) is 3.29. The van der Waals surface area contributed by atoms with Gasteiger partial charge in [-0.05, 0) is 25.5 Å². The topological polar surface area (TPSA) is 120 Å². The molecule has 1 atom stereocenters. The van der Waals surface area contributed by atoms with Crippen molar-refractivity contribution >= 4 is 16.9 Å². The van der Waals surface area contributed by atoms with Gasteiger partial charge in [0.2, 0.25) is 0 Å². The molecule has 8 nitrogen and oxygen atoms in total. The van der Waals surface area contributed by atoms with E-state index in [9.17, 15) is 14.4 Å². The van der Waals surface area contributed by atoms with Gasteiger partial charge in [-0.15, -0.1) is 0 Å². The molecule has 1 saturated heterocycles. The first-order valence-corrected chi connectivity index (χ1v) is 6.77. The quantitative estimate of drug-likeness (QED) is 0.571. The molecule has 0 aromatic carbocycles. The first kappa shape index (κ1) is 13.5. The molecule has 1 aliphatic rings. The Labute approximate surface area is 119 Å². The van der Waals surface area contributed by atoms with E-state index in [1.165, 1.54) is 12.3 Å². The summed E-state index contributed by atoms with van der Waals surface area (Å²) in [6, 6.07) is 1.51. The van der Waals surface area contributed by atoms with Gasteiger partial charge in [0.1, 0.15) is 5.65 Å². The lowest BCUT2D eigenvalue weighted by molar-refractivity contribution is 0.0930. The minimum absolute atomic E-state index is 0.0795. The van der Waals surface area contributed by atoms with Gasteiger partial charge in [-0.3, -0.25) is 19.6 Å². The molecule has 1 unspecified atom stereocenters. The second kappa shape index (κ2) is 5.49. The number of fused-ring (bicyclic) bond motifs is 1. The number of pyridine rings is 1. The Morgan fingerprint density at radius 1 is 1.33 bits per heavy atom. The van der Waals surface area contributed by atoms with Crippen molar-refractivity contribution in [2.75, 3.05) is 13.1 Å². The second-order valence-corrected chi connectivity index (χ2v) is 5.05. The SMILES string of the molecule is O=C(NC1CCCNC1)c1cnc2[nH]c(=O)[nH]c(=O)c2c1. The number of carbonyl (C=O) groups is 1. The summed E-state index contributed by atoms with van der Waals surface area (Å²) in [4.78, 5) is 43.5. The van der Waals surface area contributed by atoms with Crippen LogP contribution < -0.4 is 21.9 Å². The van der Waals surface area contributed by atoms with Crippen LogP contribution >= 0.6 is 0 Å². The summed E-state index contributed by atoms with van der Waals surface area (Å²) in [7, 11) is 0. The number of rotatable bonds is 2. The molecule has 8 heteroatoms. The Kier molecular flexibility index (Phi) is 3.53. The van der Waals surface area contributed by atoms with Crippen LogP contribution in [0.3, 0.4) is 0 Å². The van der Waals surface area contributed by atoms with Crippen LogP contribution in [0.5, 0.6) is 0 Å². The zero-order valence-electron chi connectivity index (χ0n) is 11.2. The highest BCUT2D eigenvalue weighted by molar-refractivity contribution is 5.96. The third-order valence-corrected chi connectivity index (χ3v) is 3.49. The van der Waals surface area contributed by atoms with Crippen molar-refractivity contribution < 1.29 is 4.79 Å². The third kappa shape index (κ3) is 2.84. The highest BCUT2D eigenvalue weighted by atomic mass is 16.2. The van der Waals surface area contributed by atoms with Crippen LogP contribution in [0.2, 0.25) is 0 Å². The molecule has 110 valence electrons. The minimum atomic E-state index is -0.620. The van der Waals surface area contributed by atoms with Gasteiger partial charge in [-0.25, -0.2) is 9.78 Å². The van der Waals surface area contributed by atoms with Crippen LogP contribution in [-0.2, 0) is 0 Å². The fraction of sp³-hybridized carbons (Fsp3) is 0.385. The predicted octanol–water partition coefficient (Wildman–Crippen LogP) is -0.907. The Morgan fingerprint density at radius 2 is 2.19 bits per heavy atom. The highest BCUT2D eigenvalue weighted by Gasteiger charge is 2.17. The molecule has 1 aliphatic heterocycles. The van der Waals surface area contributed by atoms with Gasteiger partial charge in [0, 0.05) is 18.8 Å². The summed E-state index contributed by atoms with van der Waals surface area (Å²) in [5, 5.41) is 6.30. The Hall–Kier alpha value is -2.48. The highest BCUT2D eigenvalue weighted by Crippen LogP contribution is 2.07. The molecule has 0 saturated carbocycles. The lowest BCUT2D eigenvalue weighted by Crippen LogP contribution is -2.45. The zero-order chi connectivity index (χ0) is 14.8. The number of nitrogens with zero attached hydrogens (tertiary/aromatic N) is 1. The van der Waals surface area contributed by atoms with E-state index in [2.05, 4.69) is 25.6 Å². The second-order valence-electron chi connectivity index (χ2n) is 5.05. The van der Waals surface area contributed by atoms with E-state index >= 15 is 0 Å². The van der Waals surface area contributed by atoms with Crippen molar-refractivity contribution in [2.45, 2.75) is 18.9 Å². The number of amides is 1. The number of aromatic nitrogens is 3. The predicted molar refractivity (Wildman–Crippen MR) is 76.3 cm³/mol. The van der Waals surface area contributed by atoms with Crippen LogP contribution in [-0.4, -0.2) is 40.0 Å². The van der Waals surface area contributed by atoms with Crippen molar-refractivity contribution in [3.8, 4) is 0 Å². The molecule has 0 radical (unpaired) electrons. The number of nitrogens with one attached hydrogen (secondary N) is 4. The number of piperidine rings is 1. The molecule has 0 spiro atoms. The Bertz CT molecular complexity index is 788. The summed E-state index contributed by atoms with van der Waals surface area (Å²) in [5.41, 5.74) is -0.717. The molecule has 0 bridgehead atoms. The van der Waals surface area contributed by atoms with Crippen LogP contribution in [0.1, 0.15) is 23.2 Å². The monoisotopic (exact) mass is 289 g/mol. The van der Waals surface area contributed by atoms with E-state index in [0.29, 0.717) is 5.56 Å². The van der Waals surface area contributed by atoms with Crippen molar-refractivity contribution in [3.05, 3.63) is 38.7 Å². The summed E-state index contributed by atoms with van der Waals surface area (Å²) in [5.74, 6) is -0.274. The van der Waals surface area contributed by atoms with Gasteiger partial charge < -0.3 is 10.6 Å². The van der Waals surface area contributed by atoms with E-state index in [1.54, 1.807) is 0 Å². The molecule has 21 heavy (non-hydrogen) atoms. The van der Waals surface area contributed by atoms with E-state index in [1.807, 2.05) is 0 Å². The molecular weight excluding hydrogens is 274 g/mol. The third-order valence-electron chi connectivity index (χ3n) is 3.49. The average Bonchev–Trinajstić information content (AvgIpc) is 2.47. The maximum absolute atomic E-state index is 12.2. The van der Waals surface area contributed by atoms with Crippen LogP contribution in [0.4, 0.5) is 0 Å². The number of hydrogen-bond donors (Lipinski definition) is 4. The molecule has 3 rings (SSSR count).